The number of rotatable bonds is 4. The average molecular weight is 359 g/mol. The normalized spacial score (nSPS) is 21.1. The molecule has 0 bridgehead atoms. The Labute approximate surface area is 152 Å². The van der Waals surface area contributed by atoms with Crippen LogP contribution in [0.3, 0.4) is 0 Å². The number of hydrogen-bond acceptors (Lipinski definition) is 5. The molecule has 0 saturated carbocycles. The van der Waals surface area contributed by atoms with E-state index in [-0.39, 0.29) is 18.3 Å². The predicted octanol–water partition coefficient (Wildman–Crippen LogP) is 2.43. The predicted molar refractivity (Wildman–Crippen MR) is 96.6 cm³/mol. The second-order valence-corrected chi connectivity index (χ2v) is 7.09. The van der Waals surface area contributed by atoms with Crippen LogP contribution >= 0.6 is 0 Å². The van der Waals surface area contributed by atoms with Crippen LogP contribution in [0.5, 0.6) is 0 Å². The first-order valence-corrected chi connectivity index (χ1v) is 9.19. The molecule has 1 aliphatic carbocycles. The van der Waals surface area contributed by atoms with Gasteiger partial charge in [0.15, 0.2) is 5.69 Å². The van der Waals surface area contributed by atoms with Crippen molar-refractivity contribution >= 4 is 16.9 Å². The van der Waals surface area contributed by atoms with Crippen molar-refractivity contribution in [3.63, 3.8) is 0 Å². The molecule has 1 fully saturated rings. The van der Waals surface area contributed by atoms with E-state index in [1.807, 2.05) is 6.92 Å². The Balaban J connectivity index is 1.95. The summed E-state index contributed by atoms with van der Waals surface area (Å²) in [6.07, 6.45) is 3.19. The fraction of sp³-hybridized carbons (Fsp3) is 0.579. The van der Waals surface area contributed by atoms with E-state index < -0.39 is 5.97 Å². The number of pyridine rings is 1. The zero-order chi connectivity index (χ0) is 18.3. The third-order valence-corrected chi connectivity index (χ3v) is 5.56. The zero-order valence-electron chi connectivity index (χ0n) is 15.3. The molecule has 0 radical (unpaired) electrons. The number of carbonyl (C=O) groups is 1. The number of aryl methyl sites for hydroxylation is 2. The Morgan fingerprint density at radius 2 is 2.19 bits per heavy atom. The number of nitrogens with zero attached hydrogens (tertiary/aromatic N) is 2. The van der Waals surface area contributed by atoms with E-state index in [0.717, 1.165) is 62.2 Å². The van der Waals surface area contributed by atoms with Crippen molar-refractivity contribution in [3.8, 4) is 0 Å². The summed E-state index contributed by atoms with van der Waals surface area (Å²) < 4.78 is 10.9. The van der Waals surface area contributed by atoms with Gasteiger partial charge in [-0.25, -0.2) is 9.78 Å². The molecule has 2 N–H and O–H groups in total. The van der Waals surface area contributed by atoms with Crippen LogP contribution < -0.4 is 0 Å². The highest BCUT2D eigenvalue weighted by Gasteiger charge is 2.33. The summed E-state index contributed by atoms with van der Waals surface area (Å²) in [5, 5.41) is 10.7. The summed E-state index contributed by atoms with van der Waals surface area (Å²) in [6, 6.07) is 0.287. The highest BCUT2D eigenvalue weighted by Crippen LogP contribution is 2.42. The van der Waals surface area contributed by atoms with Crippen LogP contribution in [0.25, 0.3) is 10.9 Å². The van der Waals surface area contributed by atoms with E-state index in [2.05, 4.69) is 14.9 Å². The van der Waals surface area contributed by atoms with Gasteiger partial charge in [-0.3, -0.25) is 4.90 Å². The number of aromatic amines is 1. The maximum absolute atomic E-state index is 11.8. The highest BCUT2D eigenvalue weighted by molar-refractivity contribution is 5.98. The molecule has 0 amide bonds. The summed E-state index contributed by atoms with van der Waals surface area (Å²) in [5.41, 5.74) is 4.92. The van der Waals surface area contributed by atoms with Crippen molar-refractivity contribution in [2.45, 2.75) is 38.8 Å². The van der Waals surface area contributed by atoms with E-state index in [4.69, 9.17) is 9.47 Å². The van der Waals surface area contributed by atoms with Gasteiger partial charge in [0.2, 0.25) is 0 Å². The first-order chi connectivity index (χ1) is 12.6. The summed E-state index contributed by atoms with van der Waals surface area (Å²) in [4.78, 5) is 22.2. The van der Waals surface area contributed by atoms with Gasteiger partial charge in [-0.1, -0.05) is 0 Å². The van der Waals surface area contributed by atoms with Crippen LogP contribution in [-0.4, -0.2) is 59.4 Å². The molecule has 1 unspecified atom stereocenters. The zero-order valence-corrected chi connectivity index (χ0v) is 15.3. The lowest BCUT2D eigenvalue weighted by Crippen LogP contribution is -2.40. The van der Waals surface area contributed by atoms with Gasteiger partial charge in [-0.2, -0.15) is 0 Å². The lowest BCUT2D eigenvalue weighted by atomic mass is 9.87. The first kappa shape index (κ1) is 17.5. The van der Waals surface area contributed by atoms with Gasteiger partial charge in [0.05, 0.1) is 31.0 Å². The van der Waals surface area contributed by atoms with Crippen molar-refractivity contribution in [2.75, 3.05) is 33.4 Å². The topological polar surface area (TPSA) is 87.7 Å². The monoisotopic (exact) mass is 359 g/mol. The van der Waals surface area contributed by atoms with Gasteiger partial charge in [0, 0.05) is 42.9 Å². The number of fused-ring (bicyclic) bond motifs is 3. The minimum Gasteiger partial charge on any atom is -0.477 e. The molecule has 7 nitrogen and oxygen atoms in total. The van der Waals surface area contributed by atoms with Gasteiger partial charge < -0.3 is 19.6 Å². The third kappa shape index (κ3) is 2.80. The van der Waals surface area contributed by atoms with Gasteiger partial charge in [0.1, 0.15) is 0 Å². The van der Waals surface area contributed by atoms with Crippen molar-refractivity contribution in [3.05, 3.63) is 28.2 Å². The second kappa shape index (κ2) is 6.98. The fourth-order valence-electron chi connectivity index (χ4n) is 4.46. The number of aromatic nitrogens is 2. The van der Waals surface area contributed by atoms with Crippen LogP contribution in [-0.2, 0) is 22.5 Å². The van der Waals surface area contributed by atoms with E-state index in [1.165, 1.54) is 11.3 Å². The number of carboxylic acids is 1. The van der Waals surface area contributed by atoms with E-state index in [1.54, 1.807) is 7.11 Å². The Morgan fingerprint density at radius 3 is 2.88 bits per heavy atom. The van der Waals surface area contributed by atoms with E-state index in [0.29, 0.717) is 5.56 Å². The number of ether oxygens (including phenoxy) is 2. The SMILES string of the molecule is COCc1c(C(=O)O)nc(C)c2[nH]c3c(c12)C(N1CCOCC1)CCC3. The molecule has 7 heteroatoms. The van der Waals surface area contributed by atoms with Crippen molar-refractivity contribution < 1.29 is 19.4 Å². The Morgan fingerprint density at radius 1 is 1.42 bits per heavy atom. The van der Waals surface area contributed by atoms with Crippen LogP contribution in [0, 0.1) is 6.92 Å². The average Bonchev–Trinajstić information content (AvgIpc) is 3.05. The van der Waals surface area contributed by atoms with Crippen molar-refractivity contribution in [1.82, 2.24) is 14.9 Å². The van der Waals surface area contributed by atoms with Crippen molar-refractivity contribution in [1.29, 1.82) is 0 Å². The molecule has 140 valence electrons. The standard InChI is InChI=1S/C19H25N3O4/c1-11-17-15(12(10-25-2)18(20-11)19(23)24)16-13(21-17)4-3-5-14(16)22-6-8-26-9-7-22/h14,21H,3-10H2,1-2H3,(H,23,24). The minimum atomic E-state index is -1.00. The largest absolute Gasteiger partial charge is 0.477 e. The number of morpholine rings is 1. The summed E-state index contributed by atoms with van der Waals surface area (Å²) in [5.74, 6) is -1.00. The lowest BCUT2D eigenvalue weighted by molar-refractivity contribution is 0.0127. The highest BCUT2D eigenvalue weighted by atomic mass is 16.5. The molecule has 4 rings (SSSR count). The fourth-order valence-corrected chi connectivity index (χ4v) is 4.46. The Bertz CT molecular complexity index is 839. The minimum absolute atomic E-state index is 0.102. The maximum Gasteiger partial charge on any atom is 0.354 e. The summed E-state index contributed by atoms with van der Waals surface area (Å²) >= 11 is 0. The number of nitrogens with one attached hydrogen (secondary N) is 1. The maximum atomic E-state index is 11.8. The number of methoxy groups -OCH3 is 1. The Kier molecular flexibility index (Phi) is 4.69. The molecule has 2 aromatic rings. The molecular weight excluding hydrogens is 334 g/mol. The molecule has 0 spiro atoms. The van der Waals surface area contributed by atoms with Gasteiger partial charge in [-0.15, -0.1) is 0 Å². The smallest absolute Gasteiger partial charge is 0.354 e. The molecular formula is C19H25N3O4. The molecule has 2 aliphatic rings. The van der Waals surface area contributed by atoms with Crippen LogP contribution in [0.4, 0.5) is 0 Å². The van der Waals surface area contributed by atoms with Crippen LogP contribution in [0.1, 0.15) is 51.9 Å². The van der Waals surface area contributed by atoms with Crippen LogP contribution in [0.15, 0.2) is 0 Å². The summed E-state index contributed by atoms with van der Waals surface area (Å²) in [7, 11) is 1.59. The number of hydrogen-bond donors (Lipinski definition) is 2. The first-order valence-electron chi connectivity index (χ1n) is 9.19. The third-order valence-electron chi connectivity index (χ3n) is 5.56. The molecule has 1 atom stereocenters. The lowest BCUT2D eigenvalue weighted by Gasteiger charge is -2.37. The quantitative estimate of drug-likeness (QED) is 0.872. The molecule has 3 heterocycles. The molecule has 1 aliphatic heterocycles. The van der Waals surface area contributed by atoms with Gasteiger partial charge in [0.25, 0.3) is 0 Å². The van der Waals surface area contributed by atoms with Crippen LogP contribution in [0.2, 0.25) is 0 Å². The second-order valence-electron chi connectivity index (χ2n) is 7.09. The van der Waals surface area contributed by atoms with Gasteiger partial charge >= 0.3 is 5.97 Å². The molecule has 1 saturated heterocycles. The Hall–Kier alpha value is -1.96. The van der Waals surface area contributed by atoms with Gasteiger partial charge in [-0.05, 0) is 31.7 Å². The number of aromatic carboxylic acids is 1. The number of carboxylic acid groups (broad SMARTS) is 1. The molecule has 26 heavy (non-hydrogen) atoms. The van der Waals surface area contributed by atoms with E-state index in [9.17, 15) is 9.90 Å². The van der Waals surface area contributed by atoms with Crippen molar-refractivity contribution in [2.24, 2.45) is 0 Å². The molecule has 2 aromatic heterocycles. The number of H-pyrrole nitrogens is 1. The summed E-state index contributed by atoms with van der Waals surface area (Å²) in [6.45, 7) is 5.43. The van der Waals surface area contributed by atoms with E-state index >= 15 is 0 Å². The molecule has 0 aromatic carbocycles.